The lowest BCUT2D eigenvalue weighted by molar-refractivity contribution is -0.137. The summed E-state index contributed by atoms with van der Waals surface area (Å²) in [5, 5.41) is 3.37. The number of nitrogens with one attached hydrogen (secondary N) is 1. The molecule has 3 nitrogen and oxygen atoms in total. The van der Waals surface area contributed by atoms with E-state index in [0.29, 0.717) is 36.1 Å². The van der Waals surface area contributed by atoms with Gasteiger partial charge >= 0.3 is 6.18 Å². The molecule has 2 atom stereocenters. The number of fused-ring (bicyclic) bond motifs is 1. The number of benzene rings is 3. The SMILES string of the molecule is CN[C@@H]1CCC(c2ccc(N3CCc4cc(-c5ccc(C(F)(F)F)cc5)ccc4C3=O)cc2)C1. The minimum Gasteiger partial charge on any atom is -0.317 e. The summed E-state index contributed by atoms with van der Waals surface area (Å²) in [5.74, 6) is 0.525. The van der Waals surface area contributed by atoms with Crippen LogP contribution in [0.4, 0.5) is 18.9 Å². The summed E-state index contributed by atoms with van der Waals surface area (Å²) in [6.45, 7) is 0.576. The van der Waals surface area contributed by atoms with Crippen LogP contribution in [0.3, 0.4) is 0 Å². The number of hydrogen-bond donors (Lipinski definition) is 1. The second kappa shape index (κ2) is 8.91. The molecule has 176 valence electrons. The molecule has 1 amide bonds. The molecule has 1 N–H and O–H groups in total. The molecule has 0 aromatic heterocycles. The summed E-state index contributed by atoms with van der Waals surface area (Å²) in [7, 11) is 2.02. The van der Waals surface area contributed by atoms with Crippen LogP contribution in [0.2, 0.25) is 0 Å². The van der Waals surface area contributed by atoms with E-state index in [0.717, 1.165) is 35.4 Å². The highest BCUT2D eigenvalue weighted by Gasteiger charge is 2.30. The predicted molar refractivity (Wildman–Crippen MR) is 128 cm³/mol. The van der Waals surface area contributed by atoms with Crippen molar-refractivity contribution in [3.05, 3.63) is 89.0 Å². The summed E-state index contributed by atoms with van der Waals surface area (Å²) >= 11 is 0. The topological polar surface area (TPSA) is 32.3 Å². The monoisotopic (exact) mass is 464 g/mol. The van der Waals surface area contributed by atoms with Gasteiger partial charge < -0.3 is 10.2 Å². The molecule has 5 rings (SSSR count). The second-order valence-electron chi connectivity index (χ2n) is 9.24. The molecule has 6 heteroatoms. The maximum atomic E-state index is 13.2. The van der Waals surface area contributed by atoms with Crippen molar-refractivity contribution in [3.63, 3.8) is 0 Å². The molecule has 1 saturated carbocycles. The summed E-state index contributed by atoms with van der Waals surface area (Å²) < 4.78 is 38.6. The maximum absolute atomic E-state index is 13.2. The molecule has 1 heterocycles. The van der Waals surface area contributed by atoms with E-state index in [1.807, 2.05) is 36.2 Å². The van der Waals surface area contributed by atoms with E-state index >= 15 is 0 Å². The lowest BCUT2D eigenvalue weighted by atomic mass is 9.93. The van der Waals surface area contributed by atoms with Gasteiger partial charge in [0.05, 0.1) is 5.56 Å². The number of anilines is 1. The third-order valence-corrected chi connectivity index (χ3v) is 7.25. The fourth-order valence-corrected chi connectivity index (χ4v) is 5.24. The van der Waals surface area contributed by atoms with Gasteiger partial charge in [0, 0.05) is 23.8 Å². The van der Waals surface area contributed by atoms with Crippen molar-refractivity contribution < 1.29 is 18.0 Å². The quantitative estimate of drug-likeness (QED) is 0.483. The average molecular weight is 465 g/mol. The van der Waals surface area contributed by atoms with Crippen LogP contribution >= 0.6 is 0 Å². The molecule has 0 bridgehead atoms. The largest absolute Gasteiger partial charge is 0.416 e. The second-order valence-corrected chi connectivity index (χ2v) is 9.24. The Balaban J connectivity index is 1.32. The molecule has 0 spiro atoms. The number of amides is 1. The molecule has 34 heavy (non-hydrogen) atoms. The zero-order valence-electron chi connectivity index (χ0n) is 19.0. The van der Waals surface area contributed by atoms with E-state index in [4.69, 9.17) is 0 Å². The standard InChI is InChI=1S/C28H27F3N2O/c1-32-24-10-4-21(17-24)19-5-11-25(12-6-19)33-15-14-22-16-20(7-13-26(22)27(33)34)18-2-8-23(9-3-18)28(29,30)31/h2-3,5-9,11-13,16,21,24,32H,4,10,14-15,17H2,1H3/t21?,24-/m1/s1. The molecule has 3 aromatic carbocycles. The van der Waals surface area contributed by atoms with Gasteiger partial charge in [0.25, 0.3) is 5.91 Å². The molecular weight excluding hydrogens is 437 g/mol. The molecule has 1 aliphatic heterocycles. The van der Waals surface area contributed by atoms with Crippen molar-refractivity contribution in [1.29, 1.82) is 0 Å². The van der Waals surface area contributed by atoms with Gasteiger partial charge in [0.2, 0.25) is 0 Å². The molecule has 1 unspecified atom stereocenters. The van der Waals surface area contributed by atoms with Gasteiger partial charge in [-0.25, -0.2) is 0 Å². The zero-order valence-corrected chi connectivity index (χ0v) is 19.0. The minimum atomic E-state index is -4.35. The summed E-state index contributed by atoms with van der Waals surface area (Å²) in [5.41, 5.74) is 4.66. The van der Waals surface area contributed by atoms with Crippen LogP contribution in [0.1, 0.15) is 52.2 Å². The van der Waals surface area contributed by atoms with E-state index < -0.39 is 11.7 Å². The Morgan fingerprint density at radius 3 is 2.26 bits per heavy atom. The average Bonchev–Trinajstić information content (AvgIpc) is 3.33. The van der Waals surface area contributed by atoms with Crippen LogP contribution in [-0.4, -0.2) is 25.5 Å². The highest BCUT2D eigenvalue weighted by Crippen LogP contribution is 2.36. The Morgan fingerprint density at radius 2 is 1.62 bits per heavy atom. The molecule has 3 aromatic rings. The lowest BCUT2D eigenvalue weighted by Crippen LogP contribution is -2.37. The van der Waals surface area contributed by atoms with Crippen molar-refractivity contribution >= 4 is 11.6 Å². The first kappa shape index (κ1) is 22.7. The fraction of sp³-hybridized carbons (Fsp3) is 0.321. The number of nitrogens with zero attached hydrogens (tertiary/aromatic N) is 1. The van der Waals surface area contributed by atoms with Crippen LogP contribution in [-0.2, 0) is 12.6 Å². The van der Waals surface area contributed by atoms with Gasteiger partial charge in [-0.05, 0) is 91.2 Å². The van der Waals surface area contributed by atoms with Crippen LogP contribution < -0.4 is 10.2 Å². The Morgan fingerprint density at radius 1 is 0.912 bits per heavy atom. The van der Waals surface area contributed by atoms with Crippen LogP contribution in [0.15, 0.2) is 66.7 Å². The fourth-order valence-electron chi connectivity index (χ4n) is 5.24. The van der Waals surface area contributed by atoms with E-state index in [9.17, 15) is 18.0 Å². The predicted octanol–water partition coefficient (Wildman–Crippen LogP) is 6.43. The molecule has 0 radical (unpaired) electrons. The number of rotatable bonds is 4. The Labute approximate surface area is 197 Å². The number of carbonyl (C=O) groups excluding carboxylic acids is 1. The lowest BCUT2D eigenvalue weighted by Gasteiger charge is -2.29. The van der Waals surface area contributed by atoms with Gasteiger partial charge in [0.1, 0.15) is 0 Å². The molecular formula is C28H27F3N2O. The molecule has 1 aliphatic carbocycles. The minimum absolute atomic E-state index is 0.0379. The van der Waals surface area contributed by atoms with Gasteiger partial charge in [0.15, 0.2) is 0 Å². The number of halogens is 3. The Hall–Kier alpha value is -3.12. The molecule has 2 aliphatic rings. The van der Waals surface area contributed by atoms with E-state index in [1.165, 1.54) is 30.5 Å². The van der Waals surface area contributed by atoms with E-state index in [-0.39, 0.29) is 5.91 Å². The molecule has 0 saturated heterocycles. The normalized spacial score (nSPS) is 20.5. The van der Waals surface area contributed by atoms with Gasteiger partial charge in [-0.2, -0.15) is 13.2 Å². The Bertz CT molecular complexity index is 1190. The summed E-state index contributed by atoms with van der Waals surface area (Å²) in [6, 6.07) is 19.6. The zero-order chi connectivity index (χ0) is 23.9. The highest BCUT2D eigenvalue weighted by atomic mass is 19.4. The Kier molecular flexibility index (Phi) is 5.94. The third-order valence-electron chi connectivity index (χ3n) is 7.25. The summed E-state index contributed by atoms with van der Waals surface area (Å²) in [4.78, 5) is 15.1. The van der Waals surface area contributed by atoms with E-state index in [1.54, 1.807) is 6.07 Å². The first-order chi connectivity index (χ1) is 16.3. The molecule has 1 fully saturated rings. The van der Waals surface area contributed by atoms with E-state index in [2.05, 4.69) is 17.4 Å². The highest BCUT2D eigenvalue weighted by molar-refractivity contribution is 6.08. The number of alkyl halides is 3. The number of carbonyl (C=O) groups is 1. The van der Waals surface area contributed by atoms with Gasteiger partial charge in [-0.1, -0.05) is 36.4 Å². The van der Waals surface area contributed by atoms with Crippen molar-refractivity contribution in [2.75, 3.05) is 18.5 Å². The van der Waals surface area contributed by atoms with Gasteiger partial charge in [-0.15, -0.1) is 0 Å². The van der Waals surface area contributed by atoms with Crippen LogP contribution in [0.5, 0.6) is 0 Å². The maximum Gasteiger partial charge on any atom is 0.416 e. The van der Waals surface area contributed by atoms with Crippen molar-refractivity contribution in [3.8, 4) is 11.1 Å². The smallest absolute Gasteiger partial charge is 0.317 e. The summed E-state index contributed by atoms with van der Waals surface area (Å²) in [6.07, 6.45) is -0.132. The third kappa shape index (κ3) is 4.34. The van der Waals surface area contributed by atoms with Crippen LogP contribution in [0.25, 0.3) is 11.1 Å². The van der Waals surface area contributed by atoms with Crippen molar-refractivity contribution in [1.82, 2.24) is 5.32 Å². The first-order valence-electron chi connectivity index (χ1n) is 11.7. The van der Waals surface area contributed by atoms with Crippen molar-refractivity contribution in [2.24, 2.45) is 0 Å². The number of hydrogen-bond acceptors (Lipinski definition) is 2. The van der Waals surface area contributed by atoms with Gasteiger partial charge in [-0.3, -0.25) is 4.79 Å². The van der Waals surface area contributed by atoms with Crippen LogP contribution in [0, 0.1) is 0 Å². The van der Waals surface area contributed by atoms with Crippen molar-refractivity contribution in [2.45, 2.75) is 43.8 Å². The first-order valence-corrected chi connectivity index (χ1v) is 11.7.